The van der Waals surface area contributed by atoms with Crippen LogP contribution in [0.15, 0.2) is 35.2 Å². The second-order valence-electron chi connectivity index (χ2n) is 4.79. The number of hydrogen-bond acceptors (Lipinski definition) is 5. The molecule has 0 spiro atoms. The van der Waals surface area contributed by atoms with Gasteiger partial charge in [0.1, 0.15) is 5.56 Å². The minimum Gasteiger partial charge on any atom is -0.343 e. The van der Waals surface area contributed by atoms with Crippen molar-refractivity contribution in [3.8, 4) is 0 Å². The molecule has 0 aliphatic carbocycles. The van der Waals surface area contributed by atoms with E-state index in [1.54, 1.807) is 19.9 Å². The summed E-state index contributed by atoms with van der Waals surface area (Å²) >= 11 is 0.837. The van der Waals surface area contributed by atoms with Gasteiger partial charge in [-0.25, -0.2) is 0 Å². The van der Waals surface area contributed by atoms with Crippen molar-refractivity contribution in [2.75, 3.05) is 0 Å². The fraction of sp³-hybridized carbons (Fsp3) is 0.231. The molecule has 1 aromatic rings. The first-order valence-electron chi connectivity index (χ1n) is 5.81. The van der Waals surface area contributed by atoms with E-state index in [0.29, 0.717) is 4.91 Å². The van der Waals surface area contributed by atoms with Crippen LogP contribution in [0.3, 0.4) is 0 Å². The number of nitrogens with one attached hydrogen (secondary N) is 1. The standard InChI is InChI=1S/C13H12N2O4S/c1-13(2)10(7-11(16)14-13)20-12(17)8-5-3-4-6-9(8)15(18)19/h3-7H,1-2H3,(H,14,16). The summed E-state index contributed by atoms with van der Waals surface area (Å²) in [7, 11) is 0. The van der Waals surface area contributed by atoms with Crippen LogP contribution in [-0.2, 0) is 4.79 Å². The smallest absolute Gasteiger partial charge is 0.281 e. The number of nitrogens with zero attached hydrogens (tertiary/aromatic N) is 1. The van der Waals surface area contributed by atoms with Gasteiger partial charge in [0.2, 0.25) is 11.0 Å². The molecular formula is C13H12N2O4S. The Morgan fingerprint density at radius 1 is 1.35 bits per heavy atom. The molecule has 7 heteroatoms. The first-order chi connectivity index (χ1) is 9.31. The first kappa shape index (κ1) is 14.3. The average molecular weight is 292 g/mol. The van der Waals surface area contributed by atoms with Gasteiger partial charge in [-0.05, 0) is 31.7 Å². The molecule has 1 aliphatic rings. The zero-order chi connectivity index (χ0) is 14.9. The average Bonchev–Trinajstić information content (AvgIpc) is 2.62. The molecule has 20 heavy (non-hydrogen) atoms. The highest BCUT2D eigenvalue weighted by molar-refractivity contribution is 8.17. The molecule has 0 unspecified atom stereocenters. The molecular weight excluding hydrogens is 280 g/mol. The Morgan fingerprint density at radius 3 is 2.55 bits per heavy atom. The zero-order valence-corrected chi connectivity index (χ0v) is 11.7. The van der Waals surface area contributed by atoms with E-state index in [0.717, 1.165) is 11.8 Å². The van der Waals surface area contributed by atoms with Crippen molar-refractivity contribution in [2.45, 2.75) is 19.4 Å². The van der Waals surface area contributed by atoms with Crippen LogP contribution in [-0.4, -0.2) is 21.5 Å². The van der Waals surface area contributed by atoms with E-state index in [1.807, 2.05) is 0 Å². The van der Waals surface area contributed by atoms with Crippen LogP contribution in [0.5, 0.6) is 0 Å². The molecule has 1 aromatic carbocycles. The molecule has 0 saturated carbocycles. The molecule has 0 aromatic heterocycles. The number of rotatable bonds is 3. The van der Waals surface area contributed by atoms with Crippen molar-refractivity contribution in [1.82, 2.24) is 5.32 Å². The largest absolute Gasteiger partial charge is 0.343 e. The van der Waals surface area contributed by atoms with E-state index in [-0.39, 0.29) is 17.2 Å². The maximum atomic E-state index is 12.2. The van der Waals surface area contributed by atoms with Crippen molar-refractivity contribution in [2.24, 2.45) is 0 Å². The van der Waals surface area contributed by atoms with Crippen LogP contribution in [0.1, 0.15) is 24.2 Å². The normalized spacial score (nSPS) is 16.5. The Bertz CT molecular complexity index is 637. The van der Waals surface area contributed by atoms with Gasteiger partial charge in [0, 0.05) is 17.0 Å². The number of carbonyl (C=O) groups is 2. The van der Waals surface area contributed by atoms with Gasteiger partial charge in [-0.1, -0.05) is 12.1 Å². The van der Waals surface area contributed by atoms with Gasteiger partial charge in [-0.3, -0.25) is 19.7 Å². The lowest BCUT2D eigenvalue weighted by Gasteiger charge is -2.21. The third kappa shape index (κ3) is 2.72. The second kappa shape index (κ2) is 5.09. The minimum atomic E-state index is -0.638. The highest BCUT2D eigenvalue weighted by Crippen LogP contribution is 2.35. The summed E-state index contributed by atoms with van der Waals surface area (Å²) < 4.78 is 0. The van der Waals surface area contributed by atoms with Crippen molar-refractivity contribution >= 4 is 28.5 Å². The van der Waals surface area contributed by atoms with E-state index >= 15 is 0 Å². The van der Waals surface area contributed by atoms with Crippen LogP contribution in [0, 0.1) is 10.1 Å². The number of para-hydroxylation sites is 1. The molecule has 104 valence electrons. The van der Waals surface area contributed by atoms with E-state index in [4.69, 9.17) is 0 Å². The highest BCUT2D eigenvalue weighted by atomic mass is 32.2. The number of thioether (sulfide) groups is 1. The Balaban J connectivity index is 2.28. The van der Waals surface area contributed by atoms with Gasteiger partial charge >= 0.3 is 0 Å². The molecule has 0 radical (unpaired) electrons. The molecule has 1 aliphatic heterocycles. The lowest BCUT2D eigenvalue weighted by molar-refractivity contribution is -0.385. The fourth-order valence-electron chi connectivity index (χ4n) is 1.82. The number of benzene rings is 1. The molecule has 6 nitrogen and oxygen atoms in total. The van der Waals surface area contributed by atoms with Crippen LogP contribution in [0.4, 0.5) is 5.69 Å². The van der Waals surface area contributed by atoms with E-state index in [9.17, 15) is 19.7 Å². The van der Waals surface area contributed by atoms with Gasteiger partial charge in [0.25, 0.3) is 5.69 Å². The second-order valence-corrected chi connectivity index (χ2v) is 5.80. The lowest BCUT2D eigenvalue weighted by Crippen LogP contribution is -2.37. The van der Waals surface area contributed by atoms with Gasteiger partial charge < -0.3 is 5.32 Å². The summed E-state index contributed by atoms with van der Waals surface area (Å²) in [6, 6.07) is 5.76. The molecule has 1 N–H and O–H groups in total. The monoisotopic (exact) mass is 292 g/mol. The molecule has 0 saturated heterocycles. The predicted molar refractivity (Wildman–Crippen MR) is 75.3 cm³/mol. The van der Waals surface area contributed by atoms with E-state index in [1.165, 1.54) is 24.3 Å². The summed E-state index contributed by atoms with van der Waals surface area (Å²) in [4.78, 5) is 34.4. The Morgan fingerprint density at radius 2 is 2.00 bits per heavy atom. The van der Waals surface area contributed by atoms with Crippen LogP contribution in [0.2, 0.25) is 0 Å². The maximum absolute atomic E-state index is 12.2. The first-order valence-corrected chi connectivity index (χ1v) is 6.63. The fourth-order valence-corrected chi connectivity index (χ4v) is 2.78. The molecule has 1 amide bonds. The van der Waals surface area contributed by atoms with E-state index < -0.39 is 15.6 Å². The van der Waals surface area contributed by atoms with Crippen LogP contribution in [0.25, 0.3) is 0 Å². The summed E-state index contributed by atoms with van der Waals surface area (Å²) in [6.45, 7) is 3.53. The number of nitro groups is 1. The number of nitro benzene ring substituents is 1. The summed E-state index contributed by atoms with van der Waals surface area (Å²) in [6.07, 6.45) is 1.34. The van der Waals surface area contributed by atoms with Crippen LogP contribution >= 0.6 is 11.8 Å². The van der Waals surface area contributed by atoms with Gasteiger partial charge in [0.05, 0.1) is 10.5 Å². The maximum Gasteiger partial charge on any atom is 0.281 e. The minimum absolute atomic E-state index is 0.0264. The number of hydrogen-bond donors (Lipinski definition) is 1. The van der Waals surface area contributed by atoms with Crippen molar-refractivity contribution < 1.29 is 14.5 Å². The van der Waals surface area contributed by atoms with Crippen molar-refractivity contribution in [3.05, 3.63) is 50.9 Å². The molecule has 0 fully saturated rings. The SMILES string of the molecule is CC1(C)NC(=O)C=C1SC(=O)c1ccccc1[N+](=O)[O-]. The summed E-state index contributed by atoms with van der Waals surface area (Å²) in [5.41, 5.74) is -0.847. The van der Waals surface area contributed by atoms with Gasteiger partial charge in [0.15, 0.2) is 0 Å². The molecule has 0 atom stereocenters. The Kier molecular flexibility index (Phi) is 3.63. The highest BCUT2D eigenvalue weighted by Gasteiger charge is 2.34. The number of amides is 1. The third-order valence-corrected chi connectivity index (χ3v) is 4.09. The van der Waals surface area contributed by atoms with Gasteiger partial charge in [-0.15, -0.1) is 0 Å². The topological polar surface area (TPSA) is 89.3 Å². The van der Waals surface area contributed by atoms with Gasteiger partial charge in [-0.2, -0.15) is 0 Å². The third-order valence-electron chi connectivity index (χ3n) is 2.84. The Labute approximate surface area is 119 Å². The molecule has 0 bridgehead atoms. The van der Waals surface area contributed by atoms with Crippen molar-refractivity contribution in [1.29, 1.82) is 0 Å². The number of carbonyl (C=O) groups excluding carboxylic acids is 2. The molecule has 1 heterocycles. The lowest BCUT2D eigenvalue weighted by atomic mass is 10.1. The Hall–Kier alpha value is -2.15. The van der Waals surface area contributed by atoms with Crippen LogP contribution < -0.4 is 5.32 Å². The van der Waals surface area contributed by atoms with E-state index in [2.05, 4.69) is 5.32 Å². The molecule has 2 rings (SSSR count). The summed E-state index contributed by atoms with van der Waals surface area (Å²) in [5, 5.41) is 13.2. The van der Waals surface area contributed by atoms with Crippen molar-refractivity contribution in [3.63, 3.8) is 0 Å². The predicted octanol–water partition coefficient (Wildman–Crippen LogP) is 2.26. The summed E-state index contributed by atoms with van der Waals surface area (Å²) in [5.74, 6) is -0.270. The quantitative estimate of drug-likeness (QED) is 0.681. The zero-order valence-electron chi connectivity index (χ0n) is 10.9.